The number of hydrogen-bond donors (Lipinski definition) is 1. The van der Waals surface area contributed by atoms with E-state index in [0.717, 1.165) is 26.2 Å². The number of rotatable bonds is 3. The van der Waals surface area contributed by atoms with Crippen LogP contribution in [-0.2, 0) is 4.74 Å². The van der Waals surface area contributed by atoms with Crippen molar-refractivity contribution in [2.45, 2.75) is 32.4 Å². The van der Waals surface area contributed by atoms with Crippen LogP contribution in [0.1, 0.15) is 20.3 Å². The minimum absolute atomic E-state index is 0.247. The van der Waals surface area contributed by atoms with Crippen LogP contribution in [-0.4, -0.2) is 48.5 Å². The number of aliphatic hydroxyl groups is 1. The molecule has 1 rings (SSSR count). The van der Waals surface area contributed by atoms with Crippen LogP contribution in [0.25, 0.3) is 0 Å². The molecule has 0 amide bonds. The van der Waals surface area contributed by atoms with E-state index in [0.29, 0.717) is 6.04 Å². The van der Waals surface area contributed by atoms with Gasteiger partial charge < -0.3 is 9.84 Å². The van der Waals surface area contributed by atoms with Crippen LogP contribution >= 0.6 is 0 Å². The Hall–Kier alpha value is -0.120. The van der Waals surface area contributed by atoms with Crippen molar-refractivity contribution in [3.63, 3.8) is 0 Å². The zero-order chi connectivity index (χ0) is 8.97. The Morgan fingerprint density at radius 1 is 1.67 bits per heavy atom. The Morgan fingerprint density at radius 3 is 3.00 bits per heavy atom. The van der Waals surface area contributed by atoms with Gasteiger partial charge in [-0.05, 0) is 13.3 Å². The van der Waals surface area contributed by atoms with Crippen LogP contribution < -0.4 is 0 Å². The SMILES string of the molecule is CCC1COCCN1C(C)CO. The summed E-state index contributed by atoms with van der Waals surface area (Å²) in [7, 11) is 0. The lowest BCUT2D eigenvalue weighted by atomic mass is 10.1. The van der Waals surface area contributed by atoms with Crippen LogP contribution in [0.2, 0.25) is 0 Å². The zero-order valence-electron chi connectivity index (χ0n) is 7.99. The molecule has 1 N–H and O–H groups in total. The molecule has 1 aliphatic rings. The molecule has 0 spiro atoms. The number of aliphatic hydroxyl groups excluding tert-OH is 1. The fourth-order valence-corrected chi connectivity index (χ4v) is 1.71. The molecule has 2 unspecified atom stereocenters. The Bertz CT molecular complexity index is 130. The first kappa shape index (κ1) is 9.96. The van der Waals surface area contributed by atoms with Gasteiger partial charge >= 0.3 is 0 Å². The smallest absolute Gasteiger partial charge is 0.0622 e. The Labute approximate surface area is 74.3 Å². The fourth-order valence-electron chi connectivity index (χ4n) is 1.71. The molecule has 2 atom stereocenters. The largest absolute Gasteiger partial charge is 0.395 e. The summed E-state index contributed by atoms with van der Waals surface area (Å²) in [6.45, 7) is 7.06. The molecule has 1 fully saturated rings. The molecule has 72 valence electrons. The van der Waals surface area contributed by atoms with E-state index in [1.165, 1.54) is 0 Å². The lowest BCUT2D eigenvalue weighted by molar-refractivity contribution is -0.0364. The lowest BCUT2D eigenvalue weighted by Crippen LogP contribution is -2.50. The molecule has 0 aliphatic carbocycles. The number of ether oxygens (including phenoxy) is 1. The van der Waals surface area contributed by atoms with Gasteiger partial charge in [0.05, 0.1) is 19.8 Å². The molecule has 0 radical (unpaired) electrons. The summed E-state index contributed by atoms with van der Waals surface area (Å²) >= 11 is 0. The molecule has 0 aromatic carbocycles. The average Bonchev–Trinajstić information content (AvgIpc) is 2.16. The van der Waals surface area contributed by atoms with Crippen molar-refractivity contribution in [3.05, 3.63) is 0 Å². The number of morpholine rings is 1. The van der Waals surface area contributed by atoms with Gasteiger partial charge in [0.2, 0.25) is 0 Å². The molecule has 0 aromatic rings. The van der Waals surface area contributed by atoms with E-state index in [4.69, 9.17) is 9.84 Å². The highest BCUT2D eigenvalue weighted by Crippen LogP contribution is 2.13. The van der Waals surface area contributed by atoms with Crippen molar-refractivity contribution in [2.24, 2.45) is 0 Å². The zero-order valence-corrected chi connectivity index (χ0v) is 7.99. The Morgan fingerprint density at radius 2 is 2.42 bits per heavy atom. The van der Waals surface area contributed by atoms with Gasteiger partial charge in [-0.2, -0.15) is 0 Å². The molecule has 0 aromatic heterocycles. The van der Waals surface area contributed by atoms with Crippen molar-refractivity contribution < 1.29 is 9.84 Å². The summed E-state index contributed by atoms with van der Waals surface area (Å²) in [5.41, 5.74) is 0. The highest BCUT2D eigenvalue weighted by molar-refractivity contribution is 4.78. The summed E-state index contributed by atoms with van der Waals surface area (Å²) in [5, 5.41) is 9.02. The molecule has 1 saturated heterocycles. The number of hydrogen-bond acceptors (Lipinski definition) is 3. The maximum Gasteiger partial charge on any atom is 0.0622 e. The van der Waals surface area contributed by atoms with E-state index >= 15 is 0 Å². The van der Waals surface area contributed by atoms with Gasteiger partial charge in [0.15, 0.2) is 0 Å². The Balaban J connectivity index is 2.46. The minimum atomic E-state index is 0.247. The summed E-state index contributed by atoms with van der Waals surface area (Å²) in [6.07, 6.45) is 1.10. The molecule has 1 aliphatic heterocycles. The van der Waals surface area contributed by atoms with E-state index in [-0.39, 0.29) is 12.6 Å². The second kappa shape index (κ2) is 4.80. The second-order valence-electron chi connectivity index (χ2n) is 3.41. The third kappa shape index (κ3) is 2.19. The molecule has 0 saturated carbocycles. The summed E-state index contributed by atoms with van der Waals surface area (Å²) in [4.78, 5) is 2.34. The molecule has 12 heavy (non-hydrogen) atoms. The second-order valence-corrected chi connectivity index (χ2v) is 3.41. The topological polar surface area (TPSA) is 32.7 Å². The van der Waals surface area contributed by atoms with Crippen molar-refractivity contribution in [1.82, 2.24) is 4.90 Å². The maximum atomic E-state index is 9.02. The van der Waals surface area contributed by atoms with Gasteiger partial charge in [-0.1, -0.05) is 6.92 Å². The first-order valence-corrected chi connectivity index (χ1v) is 4.74. The van der Waals surface area contributed by atoms with Crippen LogP contribution in [0.3, 0.4) is 0 Å². The third-order valence-electron chi connectivity index (χ3n) is 2.57. The molecule has 0 bridgehead atoms. The predicted molar refractivity (Wildman–Crippen MR) is 48.2 cm³/mol. The lowest BCUT2D eigenvalue weighted by Gasteiger charge is -2.38. The van der Waals surface area contributed by atoms with E-state index < -0.39 is 0 Å². The monoisotopic (exact) mass is 173 g/mol. The molecule has 3 heteroatoms. The quantitative estimate of drug-likeness (QED) is 0.673. The first-order chi connectivity index (χ1) is 5.79. The predicted octanol–water partition coefficient (Wildman–Crippen LogP) is 0.478. The van der Waals surface area contributed by atoms with Crippen LogP contribution in [0.5, 0.6) is 0 Å². The molecular formula is C9H19NO2. The van der Waals surface area contributed by atoms with Crippen LogP contribution in [0.15, 0.2) is 0 Å². The summed E-state index contributed by atoms with van der Waals surface area (Å²) < 4.78 is 5.37. The van der Waals surface area contributed by atoms with Crippen molar-refractivity contribution in [1.29, 1.82) is 0 Å². The van der Waals surface area contributed by atoms with E-state index in [1.54, 1.807) is 0 Å². The molecule has 3 nitrogen and oxygen atoms in total. The standard InChI is InChI=1S/C9H19NO2/c1-3-9-7-12-5-4-10(9)8(2)6-11/h8-9,11H,3-7H2,1-2H3. The normalized spacial score (nSPS) is 28.8. The van der Waals surface area contributed by atoms with Gasteiger partial charge in [-0.3, -0.25) is 4.90 Å². The van der Waals surface area contributed by atoms with Crippen molar-refractivity contribution >= 4 is 0 Å². The first-order valence-electron chi connectivity index (χ1n) is 4.74. The summed E-state index contributed by atoms with van der Waals surface area (Å²) in [5.74, 6) is 0. The highest BCUT2D eigenvalue weighted by Gasteiger charge is 2.24. The third-order valence-corrected chi connectivity index (χ3v) is 2.57. The Kier molecular flexibility index (Phi) is 3.98. The van der Waals surface area contributed by atoms with Gasteiger partial charge in [0.1, 0.15) is 0 Å². The molecular weight excluding hydrogens is 154 g/mol. The molecule has 1 heterocycles. The minimum Gasteiger partial charge on any atom is -0.395 e. The maximum absolute atomic E-state index is 9.02. The van der Waals surface area contributed by atoms with E-state index in [9.17, 15) is 0 Å². The fraction of sp³-hybridized carbons (Fsp3) is 1.00. The highest BCUT2D eigenvalue weighted by atomic mass is 16.5. The summed E-state index contributed by atoms with van der Waals surface area (Å²) in [6, 6.07) is 0.778. The van der Waals surface area contributed by atoms with Crippen molar-refractivity contribution in [2.75, 3.05) is 26.4 Å². The number of nitrogens with zero attached hydrogens (tertiary/aromatic N) is 1. The van der Waals surface area contributed by atoms with Gasteiger partial charge in [-0.15, -0.1) is 0 Å². The van der Waals surface area contributed by atoms with Crippen LogP contribution in [0.4, 0.5) is 0 Å². The van der Waals surface area contributed by atoms with E-state index in [2.05, 4.69) is 18.7 Å². The van der Waals surface area contributed by atoms with Gasteiger partial charge in [-0.25, -0.2) is 0 Å². The van der Waals surface area contributed by atoms with Gasteiger partial charge in [0, 0.05) is 18.6 Å². The van der Waals surface area contributed by atoms with Gasteiger partial charge in [0.25, 0.3) is 0 Å². The van der Waals surface area contributed by atoms with Crippen LogP contribution in [0, 0.1) is 0 Å². The average molecular weight is 173 g/mol. The van der Waals surface area contributed by atoms with Crippen molar-refractivity contribution in [3.8, 4) is 0 Å². The van der Waals surface area contributed by atoms with E-state index in [1.807, 2.05) is 0 Å².